The lowest BCUT2D eigenvalue weighted by Crippen LogP contribution is -2.51. The van der Waals surface area contributed by atoms with Gasteiger partial charge in [-0.2, -0.15) is 5.26 Å². The molecule has 1 fully saturated rings. The van der Waals surface area contributed by atoms with Crippen LogP contribution in [0.2, 0.25) is 10.0 Å². The van der Waals surface area contributed by atoms with Gasteiger partial charge in [0.1, 0.15) is 6.04 Å². The van der Waals surface area contributed by atoms with E-state index in [1.54, 1.807) is 6.92 Å². The van der Waals surface area contributed by atoms with Crippen molar-refractivity contribution >= 4 is 50.7 Å². The highest BCUT2D eigenvalue weighted by atomic mass is 35.5. The number of nitrogens with one attached hydrogen (secondary N) is 2. The van der Waals surface area contributed by atoms with Gasteiger partial charge in [-0.05, 0) is 60.0 Å². The highest BCUT2D eigenvalue weighted by molar-refractivity contribution is 7.92. The summed E-state index contributed by atoms with van der Waals surface area (Å²) in [4.78, 5) is 26.4. The lowest BCUT2D eigenvalue weighted by atomic mass is 9.91. The number of hydrogen-bond acceptors (Lipinski definition) is 6. The van der Waals surface area contributed by atoms with Crippen molar-refractivity contribution in [3.8, 4) is 6.07 Å². The number of carbonyl (C=O) groups is 2. The standard InChI is InChI=1S/C29H29Cl2N5O4S/c1-2-26(28(33)37)34-29(38)22-11-18(14-32)12-25(13-22)35-41(39,40)17-19-15-36(16-19)27(20-3-7-23(30)8-4-20)21-5-9-24(31)10-6-21/h3-13,19,26-27,35H,2,15-17H2,1H3,(H2,33,37)(H,34,38). The Morgan fingerprint density at radius 1 is 1.02 bits per heavy atom. The van der Waals surface area contributed by atoms with Crippen LogP contribution in [0.4, 0.5) is 5.69 Å². The largest absolute Gasteiger partial charge is 0.368 e. The normalized spacial score (nSPS) is 14.6. The molecule has 1 atom stereocenters. The molecule has 0 radical (unpaired) electrons. The highest BCUT2D eigenvalue weighted by Gasteiger charge is 2.36. The molecule has 0 aliphatic carbocycles. The zero-order valence-electron chi connectivity index (χ0n) is 22.2. The van der Waals surface area contributed by atoms with Crippen molar-refractivity contribution in [2.45, 2.75) is 25.4 Å². The maximum atomic E-state index is 13.1. The number of halogens is 2. The number of amides is 2. The molecule has 4 N–H and O–H groups in total. The van der Waals surface area contributed by atoms with E-state index < -0.39 is 27.9 Å². The molecule has 9 nitrogen and oxygen atoms in total. The van der Waals surface area contributed by atoms with Gasteiger partial charge < -0.3 is 11.1 Å². The summed E-state index contributed by atoms with van der Waals surface area (Å²) in [6.45, 7) is 2.76. The second kappa shape index (κ2) is 12.9. The summed E-state index contributed by atoms with van der Waals surface area (Å²) >= 11 is 12.2. The molecular weight excluding hydrogens is 585 g/mol. The molecule has 0 bridgehead atoms. The second-order valence-corrected chi connectivity index (χ2v) is 12.6. The first-order valence-corrected chi connectivity index (χ1v) is 15.3. The first-order chi connectivity index (χ1) is 19.5. The zero-order chi connectivity index (χ0) is 29.7. The van der Waals surface area contributed by atoms with E-state index in [0.29, 0.717) is 23.1 Å². The van der Waals surface area contributed by atoms with Crippen molar-refractivity contribution in [2.75, 3.05) is 23.6 Å². The number of nitrogens with two attached hydrogens (primary N) is 1. The Kier molecular flexibility index (Phi) is 9.56. The van der Waals surface area contributed by atoms with Gasteiger partial charge in [0, 0.05) is 34.6 Å². The van der Waals surface area contributed by atoms with Gasteiger partial charge in [0.2, 0.25) is 15.9 Å². The highest BCUT2D eigenvalue weighted by Crippen LogP contribution is 2.36. The van der Waals surface area contributed by atoms with Crippen molar-refractivity contribution in [2.24, 2.45) is 11.7 Å². The van der Waals surface area contributed by atoms with Gasteiger partial charge >= 0.3 is 0 Å². The van der Waals surface area contributed by atoms with E-state index in [-0.39, 0.29) is 40.9 Å². The Balaban J connectivity index is 1.45. The first kappa shape index (κ1) is 30.3. The van der Waals surface area contributed by atoms with Gasteiger partial charge in [0.05, 0.1) is 29.1 Å². The molecule has 12 heteroatoms. The number of benzene rings is 3. The van der Waals surface area contributed by atoms with Gasteiger partial charge in [0.25, 0.3) is 5.91 Å². The molecule has 1 aliphatic rings. The third-order valence-corrected chi connectivity index (χ3v) is 8.79. The molecule has 2 amide bonds. The number of carbonyl (C=O) groups excluding carboxylic acids is 2. The molecule has 1 unspecified atom stereocenters. The van der Waals surface area contributed by atoms with Crippen LogP contribution >= 0.6 is 23.2 Å². The third-order valence-electron chi connectivity index (χ3n) is 6.83. The molecule has 4 rings (SSSR count). The van der Waals surface area contributed by atoms with Gasteiger partial charge in [-0.3, -0.25) is 19.2 Å². The molecule has 3 aromatic rings. The zero-order valence-corrected chi connectivity index (χ0v) is 24.5. The molecular formula is C29H29Cl2N5O4S. The lowest BCUT2D eigenvalue weighted by Gasteiger charge is -2.44. The van der Waals surface area contributed by atoms with Gasteiger partial charge in [-0.1, -0.05) is 54.4 Å². The maximum absolute atomic E-state index is 13.1. The van der Waals surface area contributed by atoms with Gasteiger partial charge in [0.15, 0.2) is 0 Å². The van der Waals surface area contributed by atoms with E-state index in [9.17, 15) is 23.3 Å². The minimum atomic E-state index is -3.82. The molecule has 41 heavy (non-hydrogen) atoms. The van der Waals surface area contributed by atoms with E-state index in [4.69, 9.17) is 28.9 Å². The SMILES string of the molecule is CCC(NC(=O)c1cc(C#N)cc(NS(=O)(=O)CC2CN(C(c3ccc(Cl)cc3)c3ccc(Cl)cc3)C2)c1)C(N)=O. The van der Waals surface area contributed by atoms with Crippen molar-refractivity contribution < 1.29 is 18.0 Å². The summed E-state index contributed by atoms with van der Waals surface area (Å²) in [5.41, 5.74) is 7.55. The topological polar surface area (TPSA) is 145 Å². The number of nitriles is 1. The second-order valence-electron chi connectivity index (χ2n) is 9.96. The number of sulfonamides is 1. The Hall–Kier alpha value is -3.62. The van der Waals surface area contributed by atoms with Crippen LogP contribution in [0.1, 0.15) is 46.4 Å². The Labute approximate surface area is 249 Å². The summed E-state index contributed by atoms with van der Waals surface area (Å²) < 4.78 is 28.7. The van der Waals surface area contributed by atoms with Crippen molar-refractivity contribution in [1.82, 2.24) is 10.2 Å². The number of anilines is 1. The van der Waals surface area contributed by atoms with Crippen molar-refractivity contribution in [3.05, 3.63) is 99.0 Å². The predicted molar refractivity (Wildman–Crippen MR) is 159 cm³/mol. The molecule has 0 aromatic heterocycles. The minimum absolute atomic E-state index is 0.0324. The summed E-state index contributed by atoms with van der Waals surface area (Å²) in [6, 6.07) is 20.0. The van der Waals surface area contributed by atoms with Crippen LogP contribution in [-0.4, -0.2) is 50.0 Å². The monoisotopic (exact) mass is 613 g/mol. The van der Waals surface area contributed by atoms with Crippen molar-refractivity contribution in [3.63, 3.8) is 0 Å². The van der Waals surface area contributed by atoms with Crippen LogP contribution in [0, 0.1) is 17.2 Å². The fourth-order valence-corrected chi connectivity index (χ4v) is 6.50. The van der Waals surface area contributed by atoms with Crippen LogP contribution in [0.15, 0.2) is 66.7 Å². The Morgan fingerprint density at radius 3 is 2.07 bits per heavy atom. The average molecular weight is 615 g/mol. The van der Waals surface area contributed by atoms with E-state index >= 15 is 0 Å². The van der Waals surface area contributed by atoms with E-state index in [0.717, 1.165) is 11.1 Å². The average Bonchev–Trinajstić information content (AvgIpc) is 2.91. The molecule has 1 aliphatic heterocycles. The predicted octanol–water partition coefficient (Wildman–Crippen LogP) is 4.32. The van der Waals surface area contributed by atoms with Crippen LogP contribution in [0.25, 0.3) is 0 Å². The van der Waals surface area contributed by atoms with E-state index in [1.165, 1.54) is 18.2 Å². The van der Waals surface area contributed by atoms with Crippen LogP contribution in [-0.2, 0) is 14.8 Å². The molecule has 3 aromatic carbocycles. The summed E-state index contributed by atoms with van der Waals surface area (Å²) in [5.74, 6) is -1.62. The molecule has 0 spiro atoms. The molecule has 0 saturated carbocycles. The van der Waals surface area contributed by atoms with Crippen LogP contribution < -0.4 is 15.8 Å². The van der Waals surface area contributed by atoms with Gasteiger partial charge in [-0.25, -0.2) is 8.42 Å². The lowest BCUT2D eigenvalue weighted by molar-refractivity contribution is -0.119. The Morgan fingerprint density at radius 2 is 1.59 bits per heavy atom. The fourth-order valence-electron chi connectivity index (χ4n) is 4.86. The van der Waals surface area contributed by atoms with Crippen LogP contribution in [0.5, 0.6) is 0 Å². The number of nitrogens with zero attached hydrogens (tertiary/aromatic N) is 2. The van der Waals surface area contributed by atoms with Gasteiger partial charge in [-0.15, -0.1) is 0 Å². The van der Waals surface area contributed by atoms with E-state index in [2.05, 4.69) is 14.9 Å². The summed E-state index contributed by atoms with van der Waals surface area (Å²) in [7, 11) is -3.82. The Bertz CT molecular complexity index is 1520. The number of hydrogen-bond donors (Lipinski definition) is 3. The third kappa shape index (κ3) is 7.77. The number of rotatable bonds is 11. The maximum Gasteiger partial charge on any atom is 0.252 e. The molecule has 1 heterocycles. The smallest absolute Gasteiger partial charge is 0.252 e. The number of likely N-dealkylation sites (tertiary alicyclic amines) is 1. The molecule has 1 saturated heterocycles. The summed E-state index contributed by atoms with van der Waals surface area (Å²) in [5, 5.41) is 13.2. The summed E-state index contributed by atoms with van der Waals surface area (Å²) in [6.07, 6.45) is 0.286. The minimum Gasteiger partial charge on any atom is -0.368 e. The first-order valence-electron chi connectivity index (χ1n) is 12.9. The van der Waals surface area contributed by atoms with Crippen molar-refractivity contribution in [1.29, 1.82) is 5.26 Å². The number of primary amides is 1. The van der Waals surface area contributed by atoms with E-state index in [1.807, 2.05) is 54.6 Å². The fraction of sp³-hybridized carbons (Fsp3) is 0.276. The molecule has 214 valence electrons. The van der Waals surface area contributed by atoms with Crippen LogP contribution in [0.3, 0.4) is 0 Å². The quantitative estimate of drug-likeness (QED) is 0.293.